The van der Waals surface area contributed by atoms with Gasteiger partial charge in [-0.2, -0.15) is 5.10 Å². The van der Waals surface area contributed by atoms with Crippen molar-refractivity contribution in [2.24, 2.45) is 0 Å². The summed E-state index contributed by atoms with van der Waals surface area (Å²) in [6.07, 6.45) is 0.731. The topological polar surface area (TPSA) is 67.2 Å². The fourth-order valence-electron chi connectivity index (χ4n) is 3.48. The second kappa shape index (κ2) is 10.2. The molecule has 0 aliphatic carbocycles. The number of hydrogen-bond donors (Lipinski definition) is 1. The first kappa shape index (κ1) is 24.5. The van der Waals surface area contributed by atoms with E-state index in [1.165, 1.54) is 0 Å². The van der Waals surface area contributed by atoms with Crippen LogP contribution in [0.2, 0.25) is 5.02 Å². The molecule has 0 aliphatic rings. The van der Waals surface area contributed by atoms with Crippen molar-refractivity contribution in [1.29, 1.82) is 0 Å². The molecule has 174 valence electrons. The van der Waals surface area contributed by atoms with E-state index >= 15 is 0 Å². The zero-order valence-electron chi connectivity index (χ0n) is 19.9. The number of benzene rings is 2. The van der Waals surface area contributed by atoms with Crippen molar-refractivity contribution in [2.75, 3.05) is 18.4 Å². The lowest BCUT2D eigenvalue weighted by Crippen LogP contribution is -2.38. The summed E-state index contributed by atoms with van der Waals surface area (Å²) in [6.45, 7) is 10.6. The Hall–Kier alpha value is -3.12. The summed E-state index contributed by atoms with van der Waals surface area (Å²) in [4.78, 5) is 27.6. The van der Waals surface area contributed by atoms with Gasteiger partial charge in [-0.3, -0.25) is 9.59 Å². The second-order valence-electron chi connectivity index (χ2n) is 9.20. The number of rotatable bonds is 7. The van der Waals surface area contributed by atoms with Crippen LogP contribution in [0.1, 0.15) is 55.7 Å². The van der Waals surface area contributed by atoms with Gasteiger partial charge in [0.15, 0.2) is 0 Å². The first-order valence-corrected chi connectivity index (χ1v) is 11.5. The number of aryl methyl sites for hydroxylation is 1. The molecule has 0 atom stereocenters. The average molecular weight is 467 g/mol. The molecular weight excluding hydrogens is 436 g/mol. The molecule has 3 rings (SSSR count). The van der Waals surface area contributed by atoms with E-state index < -0.39 is 0 Å². The molecule has 3 aromatic rings. The molecule has 2 amide bonds. The number of nitrogens with one attached hydrogen (secondary N) is 1. The van der Waals surface area contributed by atoms with Gasteiger partial charge in [0, 0.05) is 28.6 Å². The third kappa shape index (κ3) is 6.23. The van der Waals surface area contributed by atoms with Gasteiger partial charge in [0.2, 0.25) is 5.91 Å². The summed E-state index contributed by atoms with van der Waals surface area (Å²) in [5, 5.41) is 8.21. The van der Waals surface area contributed by atoms with Crippen LogP contribution in [0, 0.1) is 6.92 Å². The number of amides is 2. The highest BCUT2D eigenvalue weighted by molar-refractivity contribution is 6.31. The zero-order valence-corrected chi connectivity index (χ0v) is 20.6. The van der Waals surface area contributed by atoms with Gasteiger partial charge in [-0.05, 0) is 49.2 Å². The van der Waals surface area contributed by atoms with E-state index in [1.807, 2.05) is 44.2 Å². The van der Waals surface area contributed by atoms with Crippen LogP contribution in [-0.2, 0) is 10.2 Å². The second-order valence-corrected chi connectivity index (χ2v) is 9.64. The SMILES string of the molecule is CCCN(CC(=O)Nc1cc(C(C)(C)C)nn1-c1cccc(C)c1)C(=O)c1cccc(Cl)c1. The number of halogens is 1. The van der Waals surface area contributed by atoms with Crippen molar-refractivity contribution >= 4 is 29.2 Å². The van der Waals surface area contributed by atoms with Gasteiger partial charge in [-0.1, -0.05) is 57.5 Å². The van der Waals surface area contributed by atoms with Crippen molar-refractivity contribution in [2.45, 2.75) is 46.5 Å². The molecule has 0 bridgehead atoms. The van der Waals surface area contributed by atoms with Gasteiger partial charge in [0.1, 0.15) is 12.4 Å². The number of aromatic nitrogens is 2. The lowest BCUT2D eigenvalue weighted by Gasteiger charge is -2.22. The molecular formula is C26H31ClN4O2. The van der Waals surface area contributed by atoms with Gasteiger partial charge in [0.25, 0.3) is 5.91 Å². The largest absolute Gasteiger partial charge is 0.329 e. The van der Waals surface area contributed by atoms with Gasteiger partial charge < -0.3 is 10.2 Å². The highest BCUT2D eigenvalue weighted by Gasteiger charge is 2.23. The number of carbonyl (C=O) groups excluding carboxylic acids is 2. The summed E-state index contributed by atoms with van der Waals surface area (Å²) >= 11 is 6.05. The standard InChI is InChI=1S/C26H31ClN4O2/c1-6-13-30(25(33)19-10-8-11-20(27)15-19)17-24(32)28-23-16-22(26(3,4)5)29-31(23)21-12-7-9-18(2)14-21/h7-12,14-16H,6,13,17H2,1-5H3,(H,28,32). The van der Waals surface area contributed by atoms with E-state index in [2.05, 4.69) is 26.1 Å². The Morgan fingerprint density at radius 2 is 1.82 bits per heavy atom. The van der Waals surface area contributed by atoms with Gasteiger partial charge in [-0.25, -0.2) is 4.68 Å². The maximum atomic E-state index is 13.0. The summed E-state index contributed by atoms with van der Waals surface area (Å²) in [5.41, 5.74) is 3.09. The lowest BCUT2D eigenvalue weighted by atomic mass is 9.92. The minimum Gasteiger partial charge on any atom is -0.329 e. The Kier molecular flexibility index (Phi) is 7.59. The van der Waals surface area contributed by atoms with Crippen molar-refractivity contribution in [3.05, 3.63) is 76.4 Å². The molecule has 1 N–H and O–H groups in total. The Bertz CT molecular complexity index is 1150. The summed E-state index contributed by atoms with van der Waals surface area (Å²) in [7, 11) is 0. The molecule has 1 aromatic heterocycles. The first-order valence-electron chi connectivity index (χ1n) is 11.1. The molecule has 0 spiro atoms. The molecule has 7 heteroatoms. The molecule has 1 heterocycles. The Morgan fingerprint density at radius 1 is 1.09 bits per heavy atom. The van der Waals surface area contributed by atoms with Crippen LogP contribution >= 0.6 is 11.6 Å². The number of hydrogen-bond acceptors (Lipinski definition) is 3. The van der Waals surface area contributed by atoms with E-state index in [0.717, 1.165) is 23.4 Å². The zero-order chi connectivity index (χ0) is 24.2. The highest BCUT2D eigenvalue weighted by Crippen LogP contribution is 2.26. The highest BCUT2D eigenvalue weighted by atomic mass is 35.5. The maximum Gasteiger partial charge on any atom is 0.254 e. The van der Waals surface area contributed by atoms with Crippen molar-refractivity contribution < 1.29 is 9.59 Å². The van der Waals surface area contributed by atoms with Crippen molar-refractivity contribution in [3.63, 3.8) is 0 Å². The summed E-state index contributed by atoms with van der Waals surface area (Å²) in [5.74, 6) is 0.0624. The van der Waals surface area contributed by atoms with Crippen molar-refractivity contribution in [3.8, 4) is 5.69 Å². The minimum absolute atomic E-state index is 0.0664. The van der Waals surface area contributed by atoms with Crippen LogP contribution in [0.25, 0.3) is 5.69 Å². The monoisotopic (exact) mass is 466 g/mol. The first-order chi connectivity index (χ1) is 15.6. The molecule has 2 aromatic carbocycles. The molecule has 0 radical (unpaired) electrons. The van der Waals surface area contributed by atoms with Crippen LogP contribution in [0.4, 0.5) is 5.82 Å². The fourth-order valence-corrected chi connectivity index (χ4v) is 3.67. The van der Waals surface area contributed by atoms with E-state index in [4.69, 9.17) is 16.7 Å². The van der Waals surface area contributed by atoms with Crippen molar-refractivity contribution in [1.82, 2.24) is 14.7 Å². The Morgan fingerprint density at radius 3 is 2.45 bits per heavy atom. The molecule has 0 aliphatic heterocycles. The minimum atomic E-state index is -0.284. The van der Waals surface area contributed by atoms with E-state index in [1.54, 1.807) is 33.8 Å². The summed E-state index contributed by atoms with van der Waals surface area (Å²) in [6, 6.07) is 16.6. The molecule has 0 saturated carbocycles. The summed E-state index contributed by atoms with van der Waals surface area (Å²) < 4.78 is 1.74. The molecule has 6 nitrogen and oxygen atoms in total. The number of carbonyl (C=O) groups is 2. The molecule has 0 fully saturated rings. The van der Waals surface area contributed by atoms with Crippen LogP contribution in [-0.4, -0.2) is 39.6 Å². The van der Waals surface area contributed by atoms with E-state index in [9.17, 15) is 9.59 Å². The quantitative estimate of drug-likeness (QED) is 0.491. The molecule has 0 saturated heterocycles. The maximum absolute atomic E-state index is 13.0. The number of anilines is 1. The Labute approximate surface area is 200 Å². The van der Waals surface area contributed by atoms with Gasteiger partial charge in [-0.15, -0.1) is 0 Å². The Balaban J connectivity index is 1.86. The van der Waals surface area contributed by atoms with Crippen LogP contribution in [0.15, 0.2) is 54.6 Å². The van der Waals surface area contributed by atoms with Crippen LogP contribution in [0.3, 0.4) is 0 Å². The average Bonchev–Trinajstić information content (AvgIpc) is 3.17. The van der Waals surface area contributed by atoms with Crippen LogP contribution in [0.5, 0.6) is 0 Å². The normalized spacial score (nSPS) is 11.3. The fraction of sp³-hybridized carbons (Fsp3) is 0.346. The predicted octanol–water partition coefficient (Wildman–Crippen LogP) is 5.62. The molecule has 33 heavy (non-hydrogen) atoms. The van der Waals surface area contributed by atoms with Gasteiger partial charge >= 0.3 is 0 Å². The van der Waals surface area contributed by atoms with Gasteiger partial charge in [0.05, 0.1) is 11.4 Å². The smallest absolute Gasteiger partial charge is 0.254 e. The van der Waals surface area contributed by atoms with E-state index in [0.29, 0.717) is 22.9 Å². The van der Waals surface area contributed by atoms with Crippen LogP contribution < -0.4 is 5.32 Å². The third-order valence-electron chi connectivity index (χ3n) is 5.18. The third-order valence-corrected chi connectivity index (χ3v) is 5.41. The molecule has 0 unspecified atom stereocenters. The number of nitrogens with zero attached hydrogens (tertiary/aromatic N) is 3. The lowest BCUT2D eigenvalue weighted by molar-refractivity contribution is -0.116. The van der Waals surface area contributed by atoms with E-state index in [-0.39, 0.29) is 23.8 Å². The predicted molar refractivity (Wildman–Crippen MR) is 133 cm³/mol.